The van der Waals surface area contributed by atoms with Crippen molar-refractivity contribution in [2.45, 2.75) is 75.4 Å². The first-order valence-corrected chi connectivity index (χ1v) is 17.6. The normalized spacial score (nSPS) is 11.8. The van der Waals surface area contributed by atoms with Crippen LogP contribution in [0.5, 0.6) is 0 Å². The first-order chi connectivity index (χ1) is 26.3. The van der Waals surface area contributed by atoms with Crippen molar-refractivity contribution in [2.24, 2.45) is 45.3 Å². The molecule has 1 aliphatic heterocycles. The Morgan fingerprint density at radius 1 is 0.625 bits per heavy atom. The fourth-order valence-electron chi connectivity index (χ4n) is 3.99. The molecule has 0 aromatic carbocycles. The molecule has 0 N–H and O–H groups in total. The van der Waals surface area contributed by atoms with Crippen LogP contribution in [0.4, 0.5) is 0 Å². The Balaban J connectivity index is 0.000000320. The molecule has 56 heavy (non-hydrogen) atoms. The SMILES string of the molecule is CC1N=C[N+](C)=N1.Cc1ccn(C)n1.Cc1ccn(C)n1.Cc1cnn(C)c1.Cc1cnn(C)c1.Cc1coc(C)n1.Cc1ncn(C)n1.Cc1noc(C)n1. The Hall–Kier alpha value is -6.40. The van der Waals surface area contributed by atoms with Crippen LogP contribution in [-0.2, 0) is 35.2 Å². The number of oxazole rings is 1. The molecule has 1 unspecified atom stereocenters. The van der Waals surface area contributed by atoms with Gasteiger partial charge in [0.1, 0.15) is 25.5 Å². The van der Waals surface area contributed by atoms with Crippen molar-refractivity contribution in [3.63, 3.8) is 0 Å². The van der Waals surface area contributed by atoms with Crippen molar-refractivity contribution in [1.82, 2.24) is 69.0 Å². The van der Waals surface area contributed by atoms with E-state index >= 15 is 0 Å². The molecule has 1 aliphatic rings. The molecular weight excluding hydrogens is 715 g/mol. The van der Waals surface area contributed by atoms with Gasteiger partial charge in [-0.2, -0.15) is 30.5 Å². The summed E-state index contributed by atoms with van der Waals surface area (Å²) >= 11 is 0. The van der Waals surface area contributed by atoms with E-state index in [0.717, 1.165) is 28.8 Å². The van der Waals surface area contributed by atoms with E-state index in [2.05, 4.69) is 60.2 Å². The van der Waals surface area contributed by atoms with Gasteiger partial charge in [-0.15, -0.1) is 4.70 Å². The zero-order valence-corrected chi connectivity index (χ0v) is 35.8. The molecule has 0 amide bonds. The van der Waals surface area contributed by atoms with E-state index in [0.29, 0.717) is 11.7 Å². The second kappa shape index (κ2) is 25.6. The van der Waals surface area contributed by atoms with Crippen molar-refractivity contribution < 1.29 is 13.6 Å². The Morgan fingerprint density at radius 2 is 1.16 bits per heavy atom. The lowest BCUT2D eigenvalue weighted by molar-refractivity contribution is -0.436. The van der Waals surface area contributed by atoms with Gasteiger partial charge >= 0.3 is 6.34 Å². The number of nitrogens with zero attached hydrogens (tertiary/aromatic N) is 17. The van der Waals surface area contributed by atoms with Gasteiger partial charge < -0.3 is 8.94 Å². The molecule has 304 valence electrons. The molecule has 0 saturated heterocycles. The fraction of sp³-hybridized carbons (Fsp3) is 0.459. The standard InChI is InChI=1S/4C5H8N2.C5H7NO.C4H8N3.C4H7N3.C4H6N2O/c2*1-5-3-6-7(2)4-5;2*1-5-3-4-7(2)6-5;1-4-3-7-5(2)6-4;2*1-4-5-3-7(2)6-4;1-3-5-4(2)7-6-3/h4*3-4H,1-2H3;3H,1-2H3;3-4H,1-2H3;3H,1-2H3;1-2H3/q;;;;;+1;;. The van der Waals surface area contributed by atoms with Crippen LogP contribution in [0.2, 0.25) is 0 Å². The number of rotatable bonds is 0. The third-order valence-corrected chi connectivity index (χ3v) is 6.24. The van der Waals surface area contributed by atoms with E-state index in [4.69, 9.17) is 4.42 Å². The van der Waals surface area contributed by atoms with E-state index in [-0.39, 0.29) is 6.17 Å². The topological polar surface area (TPSA) is 195 Å². The highest BCUT2D eigenvalue weighted by Gasteiger charge is 2.09. The van der Waals surface area contributed by atoms with Crippen molar-refractivity contribution in [2.75, 3.05) is 7.05 Å². The maximum absolute atomic E-state index is 4.85. The quantitative estimate of drug-likeness (QED) is 0.177. The van der Waals surface area contributed by atoms with Crippen LogP contribution in [0.1, 0.15) is 58.6 Å². The molecule has 0 spiro atoms. The zero-order valence-electron chi connectivity index (χ0n) is 35.8. The number of hydrogen-bond acceptors (Lipinski definition) is 13. The van der Waals surface area contributed by atoms with Crippen LogP contribution in [-0.4, -0.2) is 93.3 Å². The minimum atomic E-state index is 0.144. The van der Waals surface area contributed by atoms with Gasteiger partial charge in [0.2, 0.25) is 5.89 Å². The third-order valence-electron chi connectivity index (χ3n) is 6.24. The number of hydrogen-bond donors (Lipinski definition) is 0. The average Bonchev–Trinajstić information content (AvgIpc) is 4.00. The first kappa shape index (κ1) is 47.6. The van der Waals surface area contributed by atoms with Gasteiger partial charge in [0, 0.05) is 80.8 Å². The fourth-order valence-corrected chi connectivity index (χ4v) is 3.99. The molecule has 0 fully saturated rings. The molecule has 19 nitrogen and oxygen atoms in total. The Kier molecular flexibility index (Phi) is 21.8. The molecule has 8 rings (SSSR count). The summed E-state index contributed by atoms with van der Waals surface area (Å²) in [7, 11) is 11.4. The summed E-state index contributed by atoms with van der Waals surface area (Å²) in [6, 6.07) is 3.94. The molecule has 8 heterocycles. The van der Waals surface area contributed by atoms with Crippen molar-refractivity contribution in [3.8, 4) is 0 Å². The lowest BCUT2D eigenvalue weighted by atomic mass is 10.4. The zero-order chi connectivity index (χ0) is 42.2. The van der Waals surface area contributed by atoms with E-state index < -0.39 is 0 Å². The van der Waals surface area contributed by atoms with Gasteiger partial charge in [-0.05, 0) is 71.7 Å². The molecule has 19 heteroatoms. The Bertz CT molecular complexity index is 1630. The van der Waals surface area contributed by atoms with E-state index in [9.17, 15) is 0 Å². The largest absolute Gasteiger partial charge is 0.449 e. The van der Waals surface area contributed by atoms with E-state index in [1.165, 1.54) is 11.1 Å². The molecule has 0 radical (unpaired) electrons. The number of azo groups is 2. The molecular formula is C37H60N17O2+. The highest BCUT2D eigenvalue weighted by Crippen LogP contribution is 1.96. The lowest BCUT2D eigenvalue weighted by Crippen LogP contribution is -1.92. The maximum atomic E-state index is 4.85. The van der Waals surface area contributed by atoms with Crippen LogP contribution >= 0.6 is 0 Å². The van der Waals surface area contributed by atoms with Gasteiger partial charge in [0.15, 0.2) is 11.7 Å². The number of aromatic nitrogens is 14. The van der Waals surface area contributed by atoms with Crippen molar-refractivity contribution in [1.29, 1.82) is 0 Å². The summed E-state index contributed by atoms with van der Waals surface area (Å²) in [4.78, 5) is 15.6. The van der Waals surface area contributed by atoms with Gasteiger partial charge in [0.05, 0.1) is 29.5 Å². The highest BCUT2D eigenvalue weighted by atomic mass is 16.5. The summed E-state index contributed by atoms with van der Waals surface area (Å²) in [5.74, 6) is 2.87. The molecule has 0 saturated carbocycles. The Labute approximate surface area is 329 Å². The third kappa shape index (κ3) is 24.0. The predicted octanol–water partition coefficient (Wildman–Crippen LogP) is 5.48. The summed E-state index contributed by atoms with van der Waals surface area (Å²) in [5, 5.41) is 27.4. The van der Waals surface area contributed by atoms with Gasteiger partial charge in [-0.3, -0.25) is 23.4 Å². The summed E-state index contributed by atoms with van der Waals surface area (Å²) in [6.07, 6.45) is 16.6. The van der Waals surface area contributed by atoms with Crippen molar-refractivity contribution >= 4 is 6.34 Å². The Morgan fingerprint density at radius 3 is 1.27 bits per heavy atom. The molecule has 7 aromatic heterocycles. The van der Waals surface area contributed by atoms with Gasteiger partial charge in [-0.1, -0.05) is 15.3 Å². The summed E-state index contributed by atoms with van der Waals surface area (Å²) in [5.41, 5.74) is 5.51. The predicted molar refractivity (Wildman–Crippen MR) is 214 cm³/mol. The smallest absolute Gasteiger partial charge is 0.302 e. The first-order valence-electron chi connectivity index (χ1n) is 17.6. The molecule has 0 bridgehead atoms. The summed E-state index contributed by atoms with van der Waals surface area (Å²) in [6.45, 7) is 19.1. The number of aryl methyl sites for hydroxylation is 14. The second-order valence-electron chi connectivity index (χ2n) is 12.6. The van der Waals surface area contributed by atoms with E-state index in [1.807, 2.05) is 147 Å². The number of aliphatic imine (C=N–C) groups is 1. The second-order valence-corrected chi connectivity index (χ2v) is 12.6. The maximum Gasteiger partial charge on any atom is 0.302 e. The van der Waals surface area contributed by atoms with Crippen LogP contribution in [0.15, 0.2) is 81.0 Å². The van der Waals surface area contributed by atoms with E-state index in [1.54, 1.807) is 60.9 Å². The van der Waals surface area contributed by atoms with Crippen LogP contribution < -0.4 is 0 Å². The van der Waals surface area contributed by atoms with Gasteiger partial charge in [0.25, 0.3) is 6.17 Å². The minimum Gasteiger partial charge on any atom is -0.449 e. The molecule has 1 atom stereocenters. The highest BCUT2D eigenvalue weighted by molar-refractivity contribution is 5.44. The van der Waals surface area contributed by atoms with Crippen LogP contribution in [0.3, 0.4) is 0 Å². The van der Waals surface area contributed by atoms with Crippen LogP contribution in [0.25, 0.3) is 0 Å². The minimum absolute atomic E-state index is 0.144. The van der Waals surface area contributed by atoms with Crippen LogP contribution in [0, 0.1) is 62.3 Å². The lowest BCUT2D eigenvalue weighted by Gasteiger charge is -1.79. The van der Waals surface area contributed by atoms with Gasteiger partial charge in [-0.25, -0.2) is 9.97 Å². The monoisotopic (exact) mass is 775 g/mol. The average molecular weight is 775 g/mol. The molecule has 7 aromatic rings. The van der Waals surface area contributed by atoms with Crippen molar-refractivity contribution in [3.05, 3.63) is 114 Å². The summed E-state index contributed by atoms with van der Waals surface area (Å²) < 4.78 is 20.0. The molecule has 0 aliphatic carbocycles.